The van der Waals surface area contributed by atoms with Crippen molar-refractivity contribution in [3.05, 3.63) is 35.6 Å². The molecule has 1 rings (SSSR count). The molecule has 0 fully saturated rings. The highest BCUT2D eigenvalue weighted by molar-refractivity contribution is 6.77. The van der Waals surface area contributed by atoms with E-state index in [0.717, 1.165) is 0 Å². The fourth-order valence-electron chi connectivity index (χ4n) is 1.75. The molecule has 1 aromatic rings. The van der Waals surface area contributed by atoms with Gasteiger partial charge in [-0.2, -0.15) is 0 Å². The van der Waals surface area contributed by atoms with E-state index < -0.39 is 8.07 Å². The fraction of sp³-hybridized carbons (Fsp3) is 0.455. The first-order valence-electron chi connectivity index (χ1n) is 4.88. The molecule has 0 bridgehead atoms. The van der Waals surface area contributed by atoms with Crippen LogP contribution < -0.4 is 5.32 Å². The quantitative estimate of drug-likeness (QED) is 0.758. The van der Waals surface area contributed by atoms with Crippen LogP contribution in [0.4, 0.5) is 4.39 Å². The molecule has 0 aromatic heterocycles. The topological polar surface area (TPSA) is 12.0 Å². The van der Waals surface area contributed by atoms with Crippen LogP contribution in [0.1, 0.15) is 11.2 Å². The van der Waals surface area contributed by atoms with Crippen LogP contribution in [0.5, 0.6) is 0 Å². The molecule has 1 aromatic carbocycles. The average molecular weight is 211 g/mol. The zero-order valence-corrected chi connectivity index (χ0v) is 10.3. The highest BCUT2D eigenvalue weighted by Crippen LogP contribution is 2.23. The molecule has 0 saturated heterocycles. The van der Waals surface area contributed by atoms with Crippen molar-refractivity contribution in [1.82, 2.24) is 5.32 Å². The maximum Gasteiger partial charge on any atom is 0.123 e. The Labute approximate surface area is 86.4 Å². The van der Waals surface area contributed by atoms with Gasteiger partial charge in [0.2, 0.25) is 0 Å². The molecular formula is C11H18FNSi. The zero-order valence-electron chi connectivity index (χ0n) is 9.26. The Morgan fingerprint density at radius 3 is 2.00 bits per heavy atom. The number of hydrogen-bond acceptors (Lipinski definition) is 1. The van der Waals surface area contributed by atoms with Gasteiger partial charge in [-0.15, -0.1) is 0 Å². The molecule has 1 atom stereocenters. The van der Waals surface area contributed by atoms with Crippen molar-refractivity contribution in [3.63, 3.8) is 0 Å². The summed E-state index contributed by atoms with van der Waals surface area (Å²) >= 11 is 0. The van der Waals surface area contributed by atoms with Gasteiger partial charge in [0.05, 0.1) is 8.07 Å². The molecule has 3 heteroatoms. The van der Waals surface area contributed by atoms with Gasteiger partial charge in [0.15, 0.2) is 0 Å². The van der Waals surface area contributed by atoms with E-state index in [-0.39, 0.29) is 5.82 Å². The van der Waals surface area contributed by atoms with Crippen molar-refractivity contribution in [2.45, 2.75) is 25.3 Å². The number of nitrogens with one attached hydrogen (secondary N) is 1. The van der Waals surface area contributed by atoms with Gasteiger partial charge in [-0.1, -0.05) is 31.8 Å². The van der Waals surface area contributed by atoms with Crippen LogP contribution in [0.2, 0.25) is 19.6 Å². The molecule has 1 unspecified atom stereocenters. The van der Waals surface area contributed by atoms with Gasteiger partial charge in [0.1, 0.15) is 5.82 Å². The molecular weight excluding hydrogens is 193 g/mol. The highest BCUT2D eigenvalue weighted by atomic mass is 28.3. The summed E-state index contributed by atoms with van der Waals surface area (Å²) in [5.74, 6) is -0.167. The molecule has 0 aliphatic heterocycles. The van der Waals surface area contributed by atoms with E-state index in [9.17, 15) is 4.39 Å². The molecule has 1 nitrogen and oxygen atoms in total. The van der Waals surface area contributed by atoms with Gasteiger partial charge < -0.3 is 5.32 Å². The van der Waals surface area contributed by atoms with E-state index in [1.54, 1.807) is 0 Å². The van der Waals surface area contributed by atoms with Crippen LogP contribution in [0.25, 0.3) is 0 Å². The van der Waals surface area contributed by atoms with E-state index in [0.29, 0.717) is 5.67 Å². The van der Waals surface area contributed by atoms with Gasteiger partial charge in [-0.25, -0.2) is 4.39 Å². The van der Waals surface area contributed by atoms with E-state index in [4.69, 9.17) is 0 Å². The van der Waals surface area contributed by atoms with E-state index in [2.05, 4.69) is 25.0 Å². The lowest BCUT2D eigenvalue weighted by Gasteiger charge is -2.29. The maximum absolute atomic E-state index is 12.7. The molecule has 0 amide bonds. The Kier molecular flexibility index (Phi) is 3.45. The minimum absolute atomic E-state index is 0.167. The van der Waals surface area contributed by atoms with Crippen LogP contribution >= 0.6 is 0 Å². The Bertz CT molecular complexity index is 289. The summed E-state index contributed by atoms with van der Waals surface area (Å²) in [4.78, 5) is 0. The Morgan fingerprint density at radius 1 is 1.14 bits per heavy atom. The van der Waals surface area contributed by atoms with Gasteiger partial charge in [-0.05, 0) is 24.7 Å². The molecule has 0 saturated carbocycles. The minimum atomic E-state index is -1.28. The third-order valence-corrected chi connectivity index (χ3v) is 4.71. The average Bonchev–Trinajstić information content (AvgIpc) is 2.07. The molecule has 0 aliphatic rings. The standard InChI is InChI=1S/C11H18FNSi/c1-13-11(14(2,3)4)9-5-7-10(12)8-6-9/h5-8,11,13H,1-4H3. The van der Waals surface area contributed by atoms with Crippen LogP contribution in [0, 0.1) is 5.82 Å². The lowest BCUT2D eigenvalue weighted by Crippen LogP contribution is -2.39. The smallest absolute Gasteiger partial charge is 0.123 e. The molecule has 0 heterocycles. The van der Waals surface area contributed by atoms with Crippen molar-refractivity contribution in [1.29, 1.82) is 0 Å². The highest BCUT2D eigenvalue weighted by Gasteiger charge is 2.26. The van der Waals surface area contributed by atoms with Crippen molar-refractivity contribution in [2.24, 2.45) is 0 Å². The lowest BCUT2D eigenvalue weighted by atomic mass is 10.2. The fourth-order valence-corrected chi connectivity index (χ4v) is 3.81. The summed E-state index contributed by atoms with van der Waals surface area (Å²) < 4.78 is 12.7. The van der Waals surface area contributed by atoms with Crippen molar-refractivity contribution in [3.8, 4) is 0 Å². The lowest BCUT2D eigenvalue weighted by molar-refractivity contribution is 0.625. The number of benzene rings is 1. The second-order valence-electron chi connectivity index (χ2n) is 4.64. The van der Waals surface area contributed by atoms with Crippen molar-refractivity contribution >= 4 is 8.07 Å². The summed E-state index contributed by atoms with van der Waals surface area (Å²) in [6.45, 7) is 6.91. The minimum Gasteiger partial charge on any atom is -0.316 e. The van der Waals surface area contributed by atoms with Crippen molar-refractivity contribution < 1.29 is 4.39 Å². The monoisotopic (exact) mass is 211 g/mol. The van der Waals surface area contributed by atoms with Crippen LogP contribution in [0.15, 0.2) is 24.3 Å². The molecule has 0 spiro atoms. The molecule has 78 valence electrons. The summed E-state index contributed by atoms with van der Waals surface area (Å²) in [6.07, 6.45) is 0. The molecule has 0 aliphatic carbocycles. The van der Waals surface area contributed by atoms with Gasteiger partial charge in [0.25, 0.3) is 0 Å². The normalized spacial score (nSPS) is 14.1. The zero-order chi connectivity index (χ0) is 10.8. The van der Waals surface area contributed by atoms with E-state index >= 15 is 0 Å². The number of halogens is 1. The second kappa shape index (κ2) is 4.23. The van der Waals surface area contributed by atoms with Crippen LogP contribution in [0.3, 0.4) is 0 Å². The molecule has 14 heavy (non-hydrogen) atoms. The first kappa shape index (κ1) is 11.4. The maximum atomic E-state index is 12.7. The summed E-state index contributed by atoms with van der Waals surface area (Å²) in [6, 6.07) is 6.79. The molecule has 0 radical (unpaired) electrons. The van der Waals surface area contributed by atoms with Gasteiger partial charge in [-0.3, -0.25) is 0 Å². The third-order valence-electron chi connectivity index (χ3n) is 2.36. The first-order chi connectivity index (χ1) is 6.45. The largest absolute Gasteiger partial charge is 0.316 e. The summed E-state index contributed by atoms with van der Waals surface area (Å²) in [5.41, 5.74) is 1.58. The van der Waals surface area contributed by atoms with Crippen molar-refractivity contribution in [2.75, 3.05) is 7.05 Å². The first-order valence-corrected chi connectivity index (χ1v) is 8.45. The SMILES string of the molecule is CNC(c1ccc(F)cc1)[Si](C)(C)C. The predicted octanol–water partition coefficient (Wildman–Crippen LogP) is 2.96. The van der Waals surface area contributed by atoms with Gasteiger partial charge in [0, 0.05) is 5.67 Å². The Hall–Kier alpha value is -0.673. The summed E-state index contributed by atoms with van der Waals surface area (Å²) in [7, 11) is 0.686. The summed E-state index contributed by atoms with van der Waals surface area (Å²) in [5, 5.41) is 3.32. The Balaban J connectivity index is 2.96. The van der Waals surface area contributed by atoms with E-state index in [1.165, 1.54) is 17.7 Å². The van der Waals surface area contributed by atoms with Crippen LogP contribution in [-0.4, -0.2) is 15.1 Å². The Morgan fingerprint density at radius 2 is 1.64 bits per heavy atom. The second-order valence-corrected chi connectivity index (χ2v) is 9.95. The van der Waals surface area contributed by atoms with E-state index in [1.807, 2.05) is 19.2 Å². The predicted molar refractivity (Wildman–Crippen MR) is 61.5 cm³/mol. The van der Waals surface area contributed by atoms with Crippen LogP contribution in [-0.2, 0) is 0 Å². The number of hydrogen-bond donors (Lipinski definition) is 1. The molecule has 1 N–H and O–H groups in total. The van der Waals surface area contributed by atoms with Gasteiger partial charge >= 0.3 is 0 Å². The third kappa shape index (κ3) is 2.66. The number of rotatable bonds is 3.